The second kappa shape index (κ2) is 10.9. The summed E-state index contributed by atoms with van der Waals surface area (Å²) in [7, 11) is 0. The lowest BCUT2D eigenvalue weighted by atomic mass is 9.86. The molecule has 1 atom stereocenters. The van der Waals surface area contributed by atoms with Crippen molar-refractivity contribution in [1.29, 1.82) is 0 Å². The Bertz CT molecular complexity index is 1020. The zero-order valence-electron chi connectivity index (χ0n) is 21.2. The molecular formula is C29H38FN3O2. The maximum atomic E-state index is 14.0. The molecule has 1 saturated carbocycles. The summed E-state index contributed by atoms with van der Waals surface area (Å²) in [5.41, 5.74) is 2.47. The fourth-order valence-corrected chi connectivity index (χ4v) is 5.38. The molecule has 4 rings (SSSR count). The van der Waals surface area contributed by atoms with Crippen LogP contribution in [0.15, 0.2) is 48.5 Å². The van der Waals surface area contributed by atoms with E-state index in [9.17, 15) is 14.0 Å². The maximum absolute atomic E-state index is 14.0. The molecule has 0 aromatic heterocycles. The molecule has 5 nitrogen and oxygen atoms in total. The van der Waals surface area contributed by atoms with E-state index in [2.05, 4.69) is 31.0 Å². The van der Waals surface area contributed by atoms with E-state index in [1.807, 2.05) is 29.2 Å². The normalized spacial score (nSPS) is 18.5. The summed E-state index contributed by atoms with van der Waals surface area (Å²) >= 11 is 0. The highest BCUT2D eigenvalue weighted by molar-refractivity contribution is 5.94. The van der Waals surface area contributed by atoms with Crippen LogP contribution in [0, 0.1) is 11.7 Å². The van der Waals surface area contributed by atoms with Gasteiger partial charge in [-0.15, -0.1) is 0 Å². The summed E-state index contributed by atoms with van der Waals surface area (Å²) in [6.07, 6.45) is 4.36. The summed E-state index contributed by atoms with van der Waals surface area (Å²) < 4.78 is 14.0. The van der Waals surface area contributed by atoms with E-state index in [1.165, 1.54) is 11.6 Å². The molecule has 1 aliphatic heterocycles. The minimum Gasteiger partial charge on any atom is -0.351 e. The van der Waals surface area contributed by atoms with Crippen LogP contribution in [0.1, 0.15) is 67.9 Å². The number of amides is 2. The fraction of sp³-hybridized carbons (Fsp3) is 0.517. The second-order valence-electron chi connectivity index (χ2n) is 11.0. The molecule has 2 aliphatic rings. The first kappa shape index (κ1) is 25.4. The molecule has 1 aliphatic carbocycles. The molecule has 2 aromatic rings. The van der Waals surface area contributed by atoms with E-state index in [-0.39, 0.29) is 35.6 Å². The van der Waals surface area contributed by atoms with Crippen molar-refractivity contribution in [3.63, 3.8) is 0 Å². The van der Waals surface area contributed by atoms with Gasteiger partial charge in [0.1, 0.15) is 5.82 Å². The van der Waals surface area contributed by atoms with Crippen molar-refractivity contribution >= 4 is 11.8 Å². The predicted molar refractivity (Wildman–Crippen MR) is 137 cm³/mol. The van der Waals surface area contributed by atoms with Gasteiger partial charge in [-0.3, -0.25) is 14.5 Å². The highest BCUT2D eigenvalue weighted by Gasteiger charge is 2.37. The summed E-state index contributed by atoms with van der Waals surface area (Å²) in [5, 5.41) is 2.99. The van der Waals surface area contributed by atoms with Crippen molar-refractivity contribution < 1.29 is 14.0 Å². The molecule has 6 heteroatoms. The first-order chi connectivity index (χ1) is 16.7. The van der Waals surface area contributed by atoms with Crippen molar-refractivity contribution in [2.45, 2.75) is 64.5 Å². The predicted octanol–water partition coefficient (Wildman–Crippen LogP) is 4.76. The van der Waals surface area contributed by atoms with Crippen LogP contribution in [0.5, 0.6) is 0 Å². The maximum Gasteiger partial charge on any atom is 0.253 e. The molecule has 188 valence electrons. The zero-order valence-corrected chi connectivity index (χ0v) is 21.2. The molecule has 0 spiro atoms. The number of rotatable bonds is 6. The molecule has 1 heterocycles. The van der Waals surface area contributed by atoms with Crippen LogP contribution in [-0.2, 0) is 16.8 Å². The Balaban J connectivity index is 1.38. The number of carbonyl (C=O) groups excluding carboxylic acids is 2. The monoisotopic (exact) mass is 479 g/mol. The first-order valence-corrected chi connectivity index (χ1v) is 12.9. The SMILES string of the molecule is CC(C)(C)c1ccc(C(=O)N2CCN(C(C(=O)NCc3ccccc3F)C3CCCC3)CC2)cc1. The fourth-order valence-electron chi connectivity index (χ4n) is 5.38. The van der Waals surface area contributed by atoms with Crippen molar-refractivity contribution in [3.05, 3.63) is 71.0 Å². The van der Waals surface area contributed by atoms with Crippen LogP contribution >= 0.6 is 0 Å². The van der Waals surface area contributed by atoms with Crippen LogP contribution in [0.3, 0.4) is 0 Å². The van der Waals surface area contributed by atoms with Crippen LogP contribution in [0.2, 0.25) is 0 Å². The number of piperazine rings is 1. The molecule has 1 N–H and O–H groups in total. The van der Waals surface area contributed by atoms with Gasteiger partial charge in [0, 0.05) is 43.9 Å². The number of halogens is 1. The Kier molecular flexibility index (Phi) is 7.90. The van der Waals surface area contributed by atoms with Crippen molar-refractivity contribution in [2.24, 2.45) is 5.92 Å². The largest absolute Gasteiger partial charge is 0.351 e. The summed E-state index contributed by atoms with van der Waals surface area (Å²) in [4.78, 5) is 30.5. The average molecular weight is 480 g/mol. The standard InChI is InChI=1S/C29H38FN3O2/c1-29(2,3)24-14-12-22(13-15-24)28(35)33-18-16-32(17-19-33)26(21-8-4-5-9-21)27(34)31-20-23-10-6-7-11-25(23)30/h6-7,10-15,21,26H,4-5,8-9,16-20H2,1-3H3,(H,31,34). The quantitative estimate of drug-likeness (QED) is 0.650. The van der Waals surface area contributed by atoms with Gasteiger partial charge in [-0.05, 0) is 47.9 Å². The van der Waals surface area contributed by atoms with Gasteiger partial charge in [-0.2, -0.15) is 0 Å². The Morgan fingerprint density at radius 1 is 0.971 bits per heavy atom. The summed E-state index contributed by atoms with van der Waals surface area (Å²) in [5.74, 6) is 0.0277. The van der Waals surface area contributed by atoms with Gasteiger partial charge >= 0.3 is 0 Å². The van der Waals surface area contributed by atoms with E-state index < -0.39 is 0 Å². The van der Waals surface area contributed by atoms with Gasteiger partial charge in [0.15, 0.2) is 0 Å². The molecular weight excluding hydrogens is 441 g/mol. The topological polar surface area (TPSA) is 52.7 Å². The van der Waals surface area contributed by atoms with E-state index in [0.29, 0.717) is 43.2 Å². The lowest BCUT2D eigenvalue weighted by Gasteiger charge is -2.40. The van der Waals surface area contributed by atoms with Gasteiger partial charge in [-0.1, -0.05) is 63.9 Å². The highest BCUT2D eigenvalue weighted by atomic mass is 19.1. The van der Waals surface area contributed by atoms with E-state index in [4.69, 9.17) is 0 Å². The van der Waals surface area contributed by atoms with Crippen LogP contribution in [0.4, 0.5) is 4.39 Å². The van der Waals surface area contributed by atoms with Gasteiger partial charge in [0.2, 0.25) is 5.91 Å². The van der Waals surface area contributed by atoms with Crippen LogP contribution < -0.4 is 5.32 Å². The number of nitrogens with zero attached hydrogens (tertiary/aromatic N) is 2. The highest BCUT2D eigenvalue weighted by Crippen LogP contribution is 2.31. The smallest absolute Gasteiger partial charge is 0.253 e. The molecule has 2 amide bonds. The summed E-state index contributed by atoms with van der Waals surface area (Å²) in [6.45, 7) is 9.22. The Labute approximate surface area is 208 Å². The van der Waals surface area contributed by atoms with Gasteiger partial charge < -0.3 is 10.2 Å². The zero-order chi connectivity index (χ0) is 25.0. The Hall–Kier alpha value is -2.73. The van der Waals surface area contributed by atoms with Crippen molar-refractivity contribution in [2.75, 3.05) is 26.2 Å². The third kappa shape index (κ3) is 6.10. The molecule has 0 bridgehead atoms. The Morgan fingerprint density at radius 3 is 2.20 bits per heavy atom. The second-order valence-corrected chi connectivity index (χ2v) is 11.0. The van der Waals surface area contributed by atoms with Crippen LogP contribution in [-0.4, -0.2) is 53.8 Å². The number of nitrogens with one attached hydrogen (secondary N) is 1. The van der Waals surface area contributed by atoms with E-state index in [1.54, 1.807) is 18.2 Å². The van der Waals surface area contributed by atoms with Gasteiger partial charge in [-0.25, -0.2) is 4.39 Å². The van der Waals surface area contributed by atoms with Gasteiger partial charge in [0.25, 0.3) is 5.91 Å². The summed E-state index contributed by atoms with van der Waals surface area (Å²) in [6, 6.07) is 14.3. The number of hydrogen-bond acceptors (Lipinski definition) is 3. The van der Waals surface area contributed by atoms with Crippen molar-refractivity contribution in [3.8, 4) is 0 Å². The third-order valence-corrected chi connectivity index (χ3v) is 7.52. The molecule has 1 saturated heterocycles. The molecule has 2 aromatic carbocycles. The van der Waals surface area contributed by atoms with E-state index in [0.717, 1.165) is 25.7 Å². The lowest BCUT2D eigenvalue weighted by Crippen LogP contribution is -2.57. The third-order valence-electron chi connectivity index (χ3n) is 7.52. The molecule has 0 radical (unpaired) electrons. The van der Waals surface area contributed by atoms with E-state index >= 15 is 0 Å². The van der Waals surface area contributed by atoms with Crippen molar-refractivity contribution in [1.82, 2.24) is 15.1 Å². The lowest BCUT2D eigenvalue weighted by molar-refractivity contribution is -0.129. The first-order valence-electron chi connectivity index (χ1n) is 12.9. The molecule has 1 unspecified atom stereocenters. The minimum absolute atomic E-state index is 0.0299. The number of benzene rings is 2. The molecule has 2 fully saturated rings. The minimum atomic E-state index is -0.298. The van der Waals surface area contributed by atoms with Crippen LogP contribution in [0.25, 0.3) is 0 Å². The molecule has 35 heavy (non-hydrogen) atoms. The average Bonchev–Trinajstić information content (AvgIpc) is 3.37. The Morgan fingerprint density at radius 2 is 1.60 bits per heavy atom. The van der Waals surface area contributed by atoms with Gasteiger partial charge in [0.05, 0.1) is 6.04 Å². The number of hydrogen-bond donors (Lipinski definition) is 1. The number of carbonyl (C=O) groups is 2.